The topological polar surface area (TPSA) is 9.23 Å². The molecule has 0 bridgehead atoms. The fourth-order valence-electron chi connectivity index (χ4n) is 1.86. The SMILES string of the molecule is CC(CCS)CCOC1CCCC1. The molecule has 1 aliphatic carbocycles. The van der Waals surface area contributed by atoms with Gasteiger partial charge in [0.2, 0.25) is 0 Å². The van der Waals surface area contributed by atoms with Crippen molar-refractivity contribution in [3.05, 3.63) is 0 Å². The summed E-state index contributed by atoms with van der Waals surface area (Å²) >= 11 is 4.23. The minimum Gasteiger partial charge on any atom is -0.378 e. The molecule has 0 aromatic rings. The number of hydrogen-bond donors (Lipinski definition) is 1. The van der Waals surface area contributed by atoms with Crippen molar-refractivity contribution in [2.24, 2.45) is 5.92 Å². The lowest BCUT2D eigenvalue weighted by atomic mass is 10.1. The van der Waals surface area contributed by atoms with E-state index in [-0.39, 0.29) is 0 Å². The summed E-state index contributed by atoms with van der Waals surface area (Å²) in [6.07, 6.45) is 8.34. The van der Waals surface area contributed by atoms with Gasteiger partial charge in [0.15, 0.2) is 0 Å². The van der Waals surface area contributed by atoms with Crippen LogP contribution in [0.1, 0.15) is 45.4 Å². The minimum atomic E-state index is 0.586. The summed E-state index contributed by atoms with van der Waals surface area (Å²) in [6, 6.07) is 0. The molecule has 0 radical (unpaired) electrons. The summed E-state index contributed by atoms with van der Waals surface area (Å²) in [4.78, 5) is 0. The molecule has 1 atom stereocenters. The Labute approximate surface area is 87.7 Å². The van der Waals surface area contributed by atoms with E-state index in [0.29, 0.717) is 6.10 Å². The molecule has 0 saturated heterocycles. The molecule has 2 heteroatoms. The van der Waals surface area contributed by atoms with E-state index in [0.717, 1.165) is 18.3 Å². The van der Waals surface area contributed by atoms with E-state index in [2.05, 4.69) is 19.6 Å². The summed E-state index contributed by atoms with van der Waals surface area (Å²) in [7, 11) is 0. The van der Waals surface area contributed by atoms with Crippen LogP contribution in [0.3, 0.4) is 0 Å². The van der Waals surface area contributed by atoms with Crippen molar-refractivity contribution in [2.45, 2.75) is 51.6 Å². The molecule has 78 valence electrons. The second-order valence-electron chi connectivity index (χ2n) is 4.18. The van der Waals surface area contributed by atoms with Gasteiger partial charge in [-0.15, -0.1) is 0 Å². The van der Waals surface area contributed by atoms with Crippen molar-refractivity contribution in [1.29, 1.82) is 0 Å². The highest BCUT2D eigenvalue weighted by Gasteiger charge is 2.15. The monoisotopic (exact) mass is 202 g/mol. The Hall–Kier alpha value is 0.310. The van der Waals surface area contributed by atoms with Crippen LogP contribution in [0, 0.1) is 5.92 Å². The minimum absolute atomic E-state index is 0.586. The lowest BCUT2D eigenvalue weighted by Gasteiger charge is -2.13. The van der Waals surface area contributed by atoms with Crippen molar-refractivity contribution < 1.29 is 4.74 Å². The van der Waals surface area contributed by atoms with Gasteiger partial charge in [0.1, 0.15) is 0 Å². The maximum atomic E-state index is 5.79. The maximum absolute atomic E-state index is 5.79. The second kappa shape index (κ2) is 6.72. The van der Waals surface area contributed by atoms with Crippen LogP contribution < -0.4 is 0 Å². The lowest BCUT2D eigenvalue weighted by Crippen LogP contribution is -2.10. The number of thiol groups is 1. The number of ether oxygens (including phenoxy) is 1. The van der Waals surface area contributed by atoms with Gasteiger partial charge in [-0.05, 0) is 37.4 Å². The summed E-state index contributed by atoms with van der Waals surface area (Å²) in [5.41, 5.74) is 0. The van der Waals surface area contributed by atoms with Gasteiger partial charge in [-0.2, -0.15) is 12.6 Å². The molecule has 13 heavy (non-hydrogen) atoms. The Morgan fingerprint density at radius 1 is 1.31 bits per heavy atom. The third kappa shape index (κ3) is 4.92. The van der Waals surface area contributed by atoms with Crippen LogP contribution in [0.4, 0.5) is 0 Å². The highest BCUT2D eigenvalue weighted by Crippen LogP contribution is 2.21. The fraction of sp³-hybridized carbons (Fsp3) is 1.00. The normalized spacial score (nSPS) is 20.8. The Morgan fingerprint density at radius 3 is 2.62 bits per heavy atom. The summed E-state index contributed by atoms with van der Waals surface area (Å²) in [5.74, 6) is 1.78. The quantitative estimate of drug-likeness (QED) is 0.650. The highest BCUT2D eigenvalue weighted by atomic mass is 32.1. The standard InChI is InChI=1S/C11H22OS/c1-10(7-9-13)6-8-12-11-4-2-3-5-11/h10-11,13H,2-9H2,1H3. The molecule has 0 amide bonds. The second-order valence-corrected chi connectivity index (χ2v) is 4.63. The molecule has 1 saturated carbocycles. The van der Waals surface area contributed by atoms with Gasteiger partial charge in [-0.25, -0.2) is 0 Å². The predicted octanol–water partition coefficient (Wildman–Crippen LogP) is 3.29. The van der Waals surface area contributed by atoms with Crippen LogP contribution in [-0.2, 0) is 4.74 Å². The van der Waals surface area contributed by atoms with Gasteiger partial charge in [0.05, 0.1) is 6.10 Å². The first-order valence-corrected chi connectivity index (χ1v) is 6.18. The third-order valence-electron chi connectivity index (χ3n) is 2.89. The molecule has 1 nitrogen and oxygen atoms in total. The Balaban J connectivity index is 1.93. The average Bonchev–Trinajstić information content (AvgIpc) is 2.57. The van der Waals surface area contributed by atoms with Gasteiger partial charge >= 0.3 is 0 Å². The summed E-state index contributed by atoms with van der Waals surface area (Å²) in [6.45, 7) is 3.24. The van der Waals surface area contributed by atoms with Gasteiger partial charge in [-0.1, -0.05) is 19.8 Å². The van der Waals surface area contributed by atoms with Crippen molar-refractivity contribution in [3.63, 3.8) is 0 Å². The molecular formula is C11H22OS. The third-order valence-corrected chi connectivity index (χ3v) is 3.15. The zero-order valence-electron chi connectivity index (χ0n) is 8.67. The van der Waals surface area contributed by atoms with E-state index < -0.39 is 0 Å². The van der Waals surface area contributed by atoms with Gasteiger partial charge in [0.25, 0.3) is 0 Å². The maximum Gasteiger partial charge on any atom is 0.0575 e. The van der Waals surface area contributed by atoms with E-state index in [4.69, 9.17) is 4.74 Å². The summed E-state index contributed by atoms with van der Waals surface area (Å²) < 4.78 is 5.79. The molecule has 0 aliphatic heterocycles. The van der Waals surface area contributed by atoms with Crippen molar-refractivity contribution in [2.75, 3.05) is 12.4 Å². The Kier molecular flexibility index (Phi) is 5.88. The van der Waals surface area contributed by atoms with Crippen molar-refractivity contribution in [1.82, 2.24) is 0 Å². The molecule has 1 rings (SSSR count). The molecule has 1 fully saturated rings. The molecular weight excluding hydrogens is 180 g/mol. The largest absolute Gasteiger partial charge is 0.378 e. The Bertz CT molecular complexity index is 121. The zero-order valence-corrected chi connectivity index (χ0v) is 9.56. The van der Waals surface area contributed by atoms with Crippen LogP contribution in [0.2, 0.25) is 0 Å². The lowest BCUT2D eigenvalue weighted by molar-refractivity contribution is 0.0503. The van der Waals surface area contributed by atoms with E-state index in [1.54, 1.807) is 0 Å². The number of hydrogen-bond acceptors (Lipinski definition) is 2. The molecule has 0 aromatic heterocycles. The van der Waals surface area contributed by atoms with Gasteiger partial charge in [0, 0.05) is 6.61 Å². The van der Waals surface area contributed by atoms with Crippen LogP contribution in [0.5, 0.6) is 0 Å². The number of rotatable bonds is 6. The van der Waals surface area contributed by atoms with E-state index in [1.165, 1.54) is 38.5 Å². The van der Waals surface area contributed by atoms with E-state index >= 15 is 0 Å². The molecule has 1 unspecified atom stereocenters. The molecule has 0 heterocycles. The molecule has 0 N–H and O–H groups in total. The fourth-order valence-corrected chi connectivity index (χ4v) is 2.30. The zero-order chi connectivity index (χ0) is 9.52. The molecule has 0 aromatic carbocycles. The van der Waals surface area contributed by atoms with Crippen molar-refractivity contribution >= 4 is 12.6 Å². The molecule has 0 spiro atoms. The van der Waals surface area contributed by atoms with Crippen LogP contribution in [-0.4, -0.2) is 18.5 Å². The first kappa shape index (κ1) is 11.4. The van der Waals surface area contributed by atoms with Crippen LogP contribution >= 0.6 is 12.6 Å². The smallest absolute Gasteiger partial charge is 0.0575 e. The predicted molar refractivity (Wildman–Crippen MR) is 60.5 cm³/mol. The average molecular weight is 202 g/mol. The van der Waals surface area contributed by atoms with Crippen LogP contribution in [0.15, 0.2) is 0 Å². The van der Waals surface area contributed by atoms with E-state index in [1.807, 2.05) is 0 Å². The summed E-state index contributed by atoms with van der Waals surface area (Å²) in [5, 5.41) is 0. The van der Waals surface area contributed by atoms with Crippen LogP contribution in [0.25, 0.3) is 0 Å². The molecule has 1 aliphatic rings. The highest BCUT2D eigenvalue weighted by molar-refractivity contribution is 7.80. The van der Waals surface area contributed by atoms with E-state index in [9.17, 15) is 0 Å². The van der Waals surface area contributed by atoms with Crippen molar-refractivity contribution in [3.8, 4) is 0 Å². The first-order valence-electron chi connectivity index (χ1n) is 5.55. The Morgan fingerprint density at radius 2 is 2.00 bits per heavy atom. The first-order chi connectivity index (χ1) is 6.33. The van der Waals surface area contributed by atoms with Gasteiger partial charge < -0.3 is 4.74 Å². The van der Waals surface area contributed by atoms with Gasteiger partial charge in [-0.3, -0.25) is 0 Å².